The van der Waals surface area contributed by atoms with Gasteiger partial charge in [-0.3, -0.25) is 9.59 Å². The summed E-state index contributed by atoms with van der Waals surface area (Å²) in [5.41, 5.74) is 5.54. The molecule has 1 heterocycles. The van der Waals surface area contributed by atoms with Gasteiger partial charge in [-0.25, -0.2) is 4.68 Å². The van der Waals surface area contributed by atoms with Crippen molar-refractivity contribution in [1.82, 2.24) is 9.78 Å². The van der Waals surface area contributed by atoms with Crippen LogP contribution in [0.3, 0.4) is 0 Å². The highest BCUT2D eigenvalue weighted by Gasteiger charge is 2.56. The van der Waals surface area contributed by atoms with E-state index in [0.717, 1.165) is 11.1 Å². The van der Waals surface area contributed by atoms with E-state index in [1.54, 1.807) is 0 Å². The number of hydrogen-bond acceptors (Lipinski definition) is 4. The Bertz CT molecular complexity index is 700. The number of carbonyl (C=O) groups excluding carboxylic acids is 1. The number of hydrogen-bond donors (Lipinski definition) is 2. The summed E-state index contributed by atoms with van der Waals surface area (Å²) in [5, 5.41) is 7.44. The Morgan fingerprint density at radius 3 is 2.78 bits per heavy atom. The van der Waals surface area contributed by atoms with Gasteiger partial charge in [0.15, 0.2) is 0 Å². The molecule has 3 saturated carbocycles. The molecule has 6 nitrogen and oxygen atoms in total. The van der Waals surface area contributed by atoms with Crippen LogP contribution in [0, 0.1) is 23.2 Å². The predicted octanol–water partition coefficient (Wildman–Crippen LogP) is 1.86. The highest BCUT2D eigenvalue weighted by molar-refractivity contribution is 6.32. The Hall–Kier alpha value is -1.56. The molecule has 4 rings (SSSR count). The van der Waals surface area contributed by atoms with Crippen molar-refractivity contribution in [3.8, 4) is 0 Å². The largest absolute Gasteiger partial charge is 0.379 e. The van der Waals surface area contributed by atoms with Crippen LogP contribution < -0.4 is 16.6 Å². The van der Waals surface area contributed by atoms with E-state index in [1.807, 2.05) is 0 Å². The van der Waals surface area contributed by atoms with E-state index in [9.17, 15) is 9.59 Å². The van der Waals surface area contributed by atoms with Crippen molar-refractivity contribution in [2.45, 2.75) is 46.2 Å². The first-order valence-electron chi connectivity index (χ1n) is 8.02. The van der Waals surface area contributed by atoms with E-state index in [0.29, 0.717) is 28.9 Å². The molecule has 3 fully saturated rings. The summed E-state index contributed by atoms with van der Waals surface area (Å²) in [6, 6.07) is 0.289. The van der Waals surface area contributed by atoms with Gasteiger partial charge in [0.05, 0.1) is 11.9 Å². The number of nitrogens with two attached hydrogens (primary N) is 1. The maximum Gasteiger partial charge on any atom is 0.288 e. The molecule has 3 N–H and O–H groups in total. The van der Waals surface area contributed by atoms with E-state index in [1.165, 1.54) is 12.6 Å². The highest BCUT2D eigenvalue weighted by Crippen LogP contribution is 2.61. The lowest BCUT2D eigenvalue weighted by molar-refractivity contribution is -0.118. The van der Waals surface area contributed by atoms with Crippen molar-refractivity contribution in [1.29, 1.82) is 0 Å². The number of anilines is 1. The van der Waals surface area contributed by atoms with Crippen molar-refractivity contribution in [2.24, 2.45) is 28.9 Å². The van der Waals surface area contributed by atoms with Gasteiger partial charge in [0.1, 0.15) is 11.6 Å². The summed E-state index contributed by atoms with van der Waals surface area (Å²) >= 11 is 6.16. The molecule has 3 aliphatic carbocycles. The van der Waals surface area contributed by atoms with Gasteiger partial charge in [-0.2, -0.15) is 5.10 Å². The van der Waals surface area contributed by atoms with Crippen LogP contribution in [0.25, 0.3) is 0 Å². The first-order chi connectivity index (χ1) is 10.7. The summed E-state index contributed by atoms with van der Waals surface area (Å²) in [4.78, 5) is 23.1. The SMILES string of the molecule is C[C@H]1[C@H](Nc2cnn(CC(N)=O)c(=O)c2Cl)C[C@H]2C[C@@H]1C2(C)C. The third-order valence-electron chi connectivity index (χ3n) is 5.99. The fourth-order valence-electron chi connectivity index (χ4n) is 4.37. The van der Waals surface area contributed by atoms with Crippen molar-refractivity contribution in [3.63, 3.8) is 0 Å². The van der Waals surface area contributed by atoms with Gasteiger partial charge < -0.3 is 11.1 Å². The molecule has 23 heavy (non-hydrogen) atoms. The van der Waals surface area contributed by atoms with E-state index in [2.05, 4.69) is 31.2 Å². The maximum absolute atomic E-state index is 12.1. The van der Waals surface area contributed by atoms with Crippen LogP contribution in [0.1, 0.15) is 33.6 Å². The lowest BCUT2D eigenvalue weighted by Gasteiger charge is -2.62. The maximum atomic E-state index is 12.1. The molecular formula is C16H23ClN4O2. The summed E-state index contributed by atoms with van der Waals surface area (Å²) in [7, 11) is 0. The Morgan fingerprint density at radius 2 is 2.22 bits per heavy atom. The van der Waals surface area contributed by atoms with Crippen molar-refractivity contribution in [2.75, 3.05) is 5.32 Å². The minimum absolute atomic E-state index is 0.0620. The van der Waals surface area contributed by atoms with Crippen LogP contribution in [0.4, 0.5) is 5.69 Å². The molecule has 0 aliphatic heterocycles. The monoisotopic (exact) mass is 338 g/mol. The van der Waals surface area contributed by atoms with Gasteiger partial charge in [0, 0.05) is 6.04 Å². The molecule has 4 atom stereocenters. The molecule has 1 aromatic rings. The number of primary amides is 1. The standard InChI is InChI=1S/C16H23ClN4O2/c1-8-10-4-9(16(10,2)3)5-11(8)20-12-6-19-21(7-13(18)22)15(23)14(12)17/h6,8-11,20H,4-5,7H2,1-3H3,(H2,18,22)/t8-,9-,10+,11-/m1/s1. The highest BCUT2D eigenvalue weighted by atomic mass is 35.5. The number of fused-ring (bicyclic) bond motifs is 2. The molecule has 0 unspecified atom stereocenters. The van der Waals surface area contributed by atoms with Gasteiger partial charge in [-0.15, -0.1) is 0 Å². The molecule has 0 radical (unpaired) electrons. The van der Waals surface area contributed by atoms with Crippen molar-refractivity contribution >= 4 is 23.2 Å². The first kappa shape index (κ1) is 16.3. The lowest BCUT2D eigenvalue weighted by Crippen LogP contribution is -2.58. The van der Waals surface area contributed by atoms with Gasteiger partial charge in [-0.1, -0.05) is 32.4 Å². The second-order valence-electron chi connectivity index (χ2n) is 7.51. The Balaban J connectivity index is 1.78. The van der Waals surface area contributed by atoms with Crippen LogP contribution in [-0.2, 0) is 11.3 Å². The van der Waals surface area contributed by atoms with Crippen LogP contribution >= 0.6 is 11.6 Å². The average Bonchev–Trinajstić information content (AvgIpc) is 2.47. The number of carbonyl (C=O) groups is 1. The minimum atomic E-state index is -0.625. The smallest absolute Gasteiger partial charge is 0.288 e. The zero-order valence-electron chi connectivity index (χ0n) is 13.7. The Morgan fingerprint density at radius 1 is 1.52 bits per heavy atom. The van der Waals surface area contributed by atoms with Gasteiger partial charge >= 0.3 is 0 Å². The number of rotatable bonds is 4. The Kier molecular flexibility index (Phi) is 3.91. The summed E-state index contributed by atoms with van der Waals surface area (Å²) in [5.74, 6) is 1.29. The van der Waals surface area contributed by atoms with Crippen LogP contribution in [0.5, 0.6) is 0 Å². The molecule has 2 bridgehead atoms. The molecule has 7 heteroatoms. The molecular weight excluding hydrogens is 316 g/mol. The fourth-order valence-corrected chi connectivity index (χ4v) is 4.57. The minimum Gasteiger partial charge on any atom is -0.379 e. The van der Waals surface area contributed by atoms with Crippen LogP contribution in [-0.4, -0.2) is 21.7 Å². The van der Waals surface area contributed by atoms with Crippen molar-refractivity contribution < 1.29 is 4.79 Å². The third-order valence-corrected chi connectivity index (χ3v) is 6.35. The van der Waals surface area contributed by atoms with Crippen molar-refractivity contribution in [3.05, 3.63) is 21.6 Å². The van der Waals surface area contributed by atoms with Gasteiger partial charge in [-0.05, 0) is 36.0 Å². The second-order valence-corrected chi connectivity index (χ2v) is 7.89. The second kappa shape index (κ2) is 5.51. The third kappa shape index (κ3) is 2.63. The Labute approximate surface area is 140 Å². The zero-order chi connectivity index (χ0) is 16.9. The quantitative estimate of drug-likeness (QED) is 0.876. The molecule has 0 spiro atoms. The molecule has 1 aromatic heterocycles. The van der Waals surface area contributed by atoms with E-state index < -0.39 is 11.5 Å². The summed E-state index contributed by atoms with van der Waals surface area (Å²) < 4.78 is 0.987. The molecule has 1 amide bonds. The molecule has 126 valence electrons. The normalized spacial score (nSPS) is 31.3. The number of amides is 1. The molecule has 3 aliphatic rings. The first-order valence-corrected chi connectivity index (χ1v) is 8.40. The van der Waals surface area contributed by atoms with E-state index >= 15 is 0 Å². The predicted molar refractivity (Wildman–Crippen MR) is 89.3 cm³/mol. The van der Waals surface area contributed by atoms with Crippen LogP contribution in [0.2, 0.25) is 5.02 Å². The number of halogens is 1. The average molecular weight is 339 g/mol. The van der Waals surface area contributed by atoms with E-state index in [4.69, 9.17) is 17.3 Å². The zero-order valence-corrected chi connectivity index (χ0v) is 14.4. The summed E-state index contributed by atoms with van der Waals surface area (Å²) in [6.07, 6.45) is 3.87. The fraction of sp³-hybridized carbons (Fsp3) is 0.688. The molecule has 0 saturated heterocycles. The van der Waals surface area contributed by atoms with Gasteiger partial charge in [0.25, 0.3) is 5.56 Å². The number of nitrogens with one attached hydrogen (secondary N) is 1. The number of aromatic nitrogens is 2. The lowest BCUT2D eigenvalue weighted by atomic mass is 9.45. The van der Waals surface area contributed by atoms with Gasteiger partial charge in [0.2, 0.25) is 5.91 Å². The summed E-state index contributed by atoms with van der Waals surface area (Å²) in [6.45, 7) is 6.68. The topological polar surface area (TPSA) is 90.0 Å². The molecule has 0 aromatic carbocycles. The number of nitrogens with zero attached hydrogens (tertiary/aromatic N) is 2. The van der Waals surface area contributed by atoms with Crippen LogP contribution in [0.15, 0.2) is 11.0 Å². The van der Waals surface area contributed by atoms with E-state index in [-0.39, 0.29) is 17.6 Å².